The zero-order valence-corrected chi connectivity index (χ0v) is 17.3. The molecule has 0 radical (unpaired) electrons. The molecule has 3 rings (SSSR count). The molecule has 1 heterocycles. The second kappa shape index (κ2) is 9.66. The maximum atomic E-state index is 13.0. The summed E-state index contributed by atoms with van der Waals surface area (Å²) in [4.78, 5) is 24.2. The fourth-order valence-electron chi connectivity index (χ4n) is 2.78. The van der Waals surface area contributed by atoms with E-state index in [2.05, 4.69) is 15.6 Å². The lowest BCUT2D eigenvalue weighted by Crippen LogP contribution is -2.24. The van der Waals surface area contributed by atoms with Gasteiger partial charge in [-0.2, -0.15) is 10.2 Å². The number of hydrogen-bond acceptors (Lipinski definition) is 6. The van der Waals surface area contributed by atoms with E-state index in [-0.39, 0.29) is 23.8 Å². The number of carbonyl (C=O) groups excluding carboxylic acids is 2. The highest BCUT2D eigenvalue weighted by Gasteiger charge is 2.13. The van der Waals surface area contributed by atoms with Gasteiger partial charge in [0.1, 0.15) is 12.4 Å². The summed E-state index contributed by atoms with van der Waals surface area (Å²) in [5.41, 5.74) is 4.98. The summed E-state index contributed by atoms with van der Waals surface area (Å²) < 4.78 is 25.2. The minimum Gasteiger partial charge on any atom is -0.493 e. The highest BCUT2D eigenvalue weighted by atomic mass is 19.1. The molecular weight excluding hydrogens is 403 g/mol. The molecule has 1 amide bonds. The lowest BCUT2D eigenvalue weighted by Gasteiger charge is -2.10. The van der Waals surface area contributed by atoms with E-state index in [9.17, 15) is 14.0 Å². The zero-order valence-electron chi connectivity index (χ0n) is 17.3. The lowest BCUT2D eigenvalue weighted by atomic mass is 10.2. The number of hydrazone groups is 1. The molecular formula is C22H21FN4O4. The van der Waals surface area contributed by atoms with Gasteiger partial charge in [-0.1, -0.05) is 0 Å². The zero-order chi connectivity index (χ0) is 22.4. The number of nitrogens with one attached hydrogen (secondary N) is 1. The Labute approximate surface area is 178 Å². The van der Waals surface area contributed by atoms with Crippen LogP contribution in [0.2, 0.25) is 0 Å². The lowest BCUT2D eigenvalue weighted by molar-refractivity contribution is -0.121. The summed E-state index contributed by atoms with van der Waals surface area (Å²) in [5.74, 6) is -0.911. The van der Waals surface area contributed by atoms with Gasteiger partial charge in [-0.05, 0) is 67.9 Å². The third kappa shape index (κ3) is 5.75. The van der Waals surface area contributed by atoms with Crippen LogP contribution in [-0.2, 0) is 11.3 Å². The topological polar surface area (TPSA) is 94.8 Å². The predicted molar refractivity (Wildman–Crippen MR) is 112 cm³/mol. The normalized spacial score (nSPS) is 10.8. The van der Waals surface area contributed by atoms with E-state index in [1.807, 2.05) is 19.9 Å². The smallest absolute Gasteiger partial charge is 0.343 e. The van der Waals surface area contributed by atoms with Crippen molar-refractivity contribution in [2.45, 2.75) is 20.4 Å². The summed E-state index contributed by atoms with van der Waals surface area (Å²) in [6.07, 6.45) is 1.44. The van der Waals surface area contributed by atoms with Crippen LogP contribution in [0.3, 0.4) is 0 Å². The molecule has 0 aliphatic carbocycles. The molecule has 2 aromatic carbocycles. The summed E-state index contributed by atoms with van der Waals surface area (Å²) in [5, 5.41) is 8.16. The molecule has 0 atom stereocenters. The second-order valence-electron chi connectivity index (χ2n) is 6.68. The van der Waals surface area contributed by atoms with Crippen molar-refractivity contribution >= 4 is 18.1 Å². The average molecular weight is 424 g/mol. The van der Waals surface area contributed by atoms with Gasteiger partial charge in [0.25, 0.3) is 5.91 Å². The minimum atomic E-state index is -0.642. The Bertz CT molecular complexity index is 1120. The van der Waals surface area contributed by atoms with Crippen molar-refractivity contribution in [2.75, 3.05) is 7.11 Å². The SMILES string of the molecule is COc1cc(/C=N/NC(=O)Cn2nc(C)cc2C)ccc1OC(=O)c1ccc(F)cc1. The fourth-order valence-corrected chi connectivity index (χ4v) is 2.78. The first kappa shape index (κ1) is 21.7. The van der Waals surface area contributed by atoms with Crippen molar-refractivity contribution < 1.29 is 23.5 Å². The Hall–Kier alpha value is -4.01. The number of amides is 1. The van der Waals surface area contributed by atoms with Crippen LogP contribution in [0.5, 0.6) is 11.5 Å². The van der Waals surface area contributed by atoms with E-state index < -0.39 is 11.8 Å². The molecule has 0 aliphatic rings. The molecule has 9 heteroatoms. The number of halogens is 1. The minimum absolute atomic E-state index is 0.0542. The number of nitrogens with zero attached hydrogens (tertiary/aromatic N) is 3. The molecule has 8 nitrogen and oxygen atoms in total. The molecule has 1 N–H and O–H groups in total. The standard InChI is InChI=1S/C22H21FN4O4/c1-14-10-15(2)27(26-14)13-21(28)25-24-12-16-4-9-19(20(11-16)30-3)31-22(29)17-5-7-18(23)8-6-17/h4-12H,13H2,1-3H3,(H,25,28)/b24-12+. The number of methoxy groups -OCH3 is 1. The second-order valence-corrected chi connectivity index (χ2v) is 6.68. The Morgan fingerprint density at radius 2 is 1.87 bits per heavy atom. The third-order valence-electron chi connectivity index (χ3n) is 4.27. The number of ether oxygens (including phenoxy) is 2. The largest absolute Gasteiger partial charge is 0.493 e. The van der Waals surface area contributed by atoms with Crippen molar-refractivity contribution in [3.63, 3.8) is 0 Å². The Morgan fingerprint density at radius 3 is 2.52 bits per heavy atom. The molecule has 0 bridgehead atoms. The van der Waals surface area contributed by atoms with Gasteiger partial charge < -0.3 is 9.47 Å². The van der Waals surface area contributed by atoms with Gasteiger partial charge in [-0.15, -0.1) is 0 Å². The summed E-state index contributed by atoms with van der Waals surface area (Å²) in [6, 6.07) is 11.7. The average Bonchev–Trinajstić information content (AvgIpc) is 3.05. The van der Waals surface area contributed by atoms with Gasteiger partial charge in [-0.25, -0.2) is 14.6 Å². The summed E-state index contributed by atoms with van der Waals surface area (Å²) >= 11 is 0. The van der Waals surface area contributed by atoms with Crippen LogP contribution < -0.4 is 14.9 Å². The van der Waals surface area contributed by atoms with Crippen LogP contribution in [0.4, 0.5) is 4.39 Å². The Kier molecular flexibility index (Phi) is 6.76. The molecule has 3 aromatic rings. The molecule has 0 saturated carbocycles. The first-order valence-electron chi connectivity index (χ1n) is 9.34. The molecule has 0 aliphatic heterocycles. The van der Waals surface area contributed by atoms with E-state index in [0.29, 0.717) is 11.3 Å². The molecule has 160 valence electrons. The number of aryl methyl sites for hydroxylation is 2. The van der Waals surface area contributed by atoms with Gasteiger partial charge >= 0.3 is 5.97 Å². The van der Waals surface area contributed by atoms with Crippen molar-refractivity contribution in [1.82, 2.24) is 15.2 Å². The van der Waals surface area contributed by atoms with Crippen LogP contribution >= 0.6 is 0 Å². The number of rotatable bonds is 7. The van der Waals surface area contributed by atoms with Gasteiger partial charge in [0.2, 0.25) is 0 Å². The highest BCUT2D eigenvalue weighted by Crippen LogP contribution is 2.28. The van der Waals surface area contributed by atoms with Gasteiger partial charge in [0.05, 0.1) is 24.6 Å². The monoisotopic (exact) mass is 424 g/mol. The van der Waals surface area contributed by atoms with Crippen molar-refractivity contribution in [3.8, 4) is 11.5 Å². The number of carbonyl (C=O) groups is 2. The summed E-state index contributed by atoms with van der Waals surface area (Å²) in [7, 11) is 1.43. The quantitative estimate of drug-likeness (QED) is 0.272. The van der Waals surface area contributed by atoms with Gasteiger partial charge in [-0.3, -0.25) is 9.48 Å². The van der Waals surface area contributed by atoms with Gasteiger partial charge in [0.15, 0.2) is 11.5 Å². The van der Waals surface area contributed by atoms with Crippen molar-refractivity contribution in [1.29, 1.82) is 0 Å². The maximum Gasteiger partial charge on any atom is 0.343 e. The molecule has 31 heavy (non-hydrogen) atoms. The summed E-state index contributed by atoms with van der Waals surface area (Å²) in [6.45, 7) is 3.78. The molecule has 0 saturated heterocycles. The van der Waals surface area contributed by atoms with E-state index in [1.165, 1.54) is 37.6 Å². The van der Waals surface area contributed by atoms with E-state index in [0.717, 1.165) is 11.4 Å². The van der Waals surface area contributed by atoms with Crippen LogP contribution in [0.15, 0.2) is 53.6 Å². The number of hydrogen-bond donors (Lipinski definition) is 1. The first-order valence-corrected chi connectivity index (χ1v) is 9.34. The molecule has 0 unspecified atom stereocenters. The molecule has 1 aromatic heterocycles. The van der Waals surface area contributed by atoms with Crippen molar-refractivity contribution in [2.24, 2.45) is 5.10 Å². The first-order chi connectivity index (χ1) is 14.9. The van der Waals surface area contributed by atoms with Crippen molar-refractivity contribution in [3.05, 3.63) is 76.9 Å². The third-order valence-corrected chi connectivity index (χ3v) is 4.27. The maximum absolute atomic E-state index is 13.0. The molecule has 0 spiro atoms. The van der Waals surface area contributed by atoms with Crippen LogP contribution in [0, 0.1) is 19.7 Å². The number of benzene rings is 2. The number of esters is 1. The van der Waals surface area contributed by atoms with Crippen LogP contribution in [0.25, 0.3) is 0 Å². The van der Waals surface area contributed by atoms with E-state index >= 15 is 0 Å². The molecule has 0 fully saturated rings. The number of aromatic nitrogens is 2. The Balaban J connectivity index is 1.62. The van der Waals surface area contributed by atoms with Gasteiger partial charge in [0, 0.05) is 5.69 Å². The predicted octanol–water partition coefficient (Wildman–Crippen LogP) is 3.02. The fraction of sp³-hybridized carbons (Fsp3) is 0.182. The van der Waals surface area contributed by atoms with E-state index in [4.69, 9.17) is 9.47 Å². The highest BCUT2D eigenvalue weighted by molar-refractivity contribution is 5.91. The Morgan fingerprint density at radius 1 is 1.13 bits per heavy atom. The van der Waals surface area contributed by atoms with Crippen LogP contribution in [-0.4, -0.2) is 35.0 Å². The van der Waals surface area contributed by atoms with E-state index in [1.54, 1.807) is 22.9 Å². The van der Waals surface area contributed by atoms with Crippen LogP contribution in [0.1, 0.15) is 27.3 Å².